The number of aliphatic hydroxyl groups is 2. The van der Waals surface area contributed by atoms with Crippen LogP contribution in [0.3, 0.4) is 0 Å². The number of benzene rings is 1. The summed E-state index contributed by atoms with van der Waals surface area (Å²) in [5.74, 6) is -10.8. The summed E-state index contributed by atoms with van der Waals surface area (Å²) >= 11 is 0. The quantitative estimate of drug-likeness (QED) is 0.0660. The monoisotopic (exact) mass is 1080 g/mol. The van der Waals surface area contributed by atoms with Gasteiger partial charge in [-0.2, -0.15) is 0 Å². The molecule has 434 valence electrons. The van der Waals surface area contributed by atoms with E-state index in [1.165, 1.54) is 13.8 Å². The van der Waals surface area contributed by atoms with Crippen LogP contribution in [-0.2, 0) is 49.6 Å². The van der Waals surface area contributed by atoms with Crippen LogP contribution in [0.2, 0.25) is 0 Å². The Hall–Kier alpha value is -5.23. The number of amides is 6. The van der Waals surface area contributed by atoms with Crippen molar-refractivity contribution in [1.82, 2.24) is 31.9 Å². The van der Waals surface area contributed by atoms with E-state index in [1.54, 1.807) is 30.3 Å². The van der Waals surface area contributed by atoms with Crippen LogP contribution in [0.5, 0.6) is 0 Å². The molecule has 18 N–H and O–H groups in total. The number of rotatable bonds is 23. The third-order valence-electron chi connectivity index (χ3n) is 15.0. The Balaban J connectivity index is 2.08. The lowest BCUT2D eigenvalue weighted by Crippen LogP contribution is -2.57. The van der Waals surface area contributed by atoms with Crippen molar-refractivity contribution < 1.29 is 53.4 Å². The van der Waals surface area contributed by atoms with E-state index in [0.717, 1.165) is 32.1 Å². The number of nitrogens with two attached hydrogens (primary N) is 5. The van der Waals surface area contributed by atoms with Crippen LogP contribution in [0, 0.1) is 29.6 Å². The highest BCUT2D eigenvalue weighted by Gasteiger charge is 2.37. The number of aliphatic hydroxyl groups excluding tert-OH is 2. The van der Waals surface area contributed by atoms with E-state index in [-0.39, 0.29) is 89.1 Å². The molecule has 1 aliphatic heterocycles. The number of carbonyl (C=O) groups excluding carboxylic acids is 9. The molecule has 3 rings (SSSR count). The van der Waals surface area contributed by atoms with E-state index in [4.69, 9.17) is 28.7 Å². The highest BCUT2D eigenvalue weighted by molar-refractivity contribution is 5.98. The summed E-state index contributed by atoms with van der Waals surface area (Å²) in [6.45, 7) is 5.99. The van der Waals surface area contributed by atoms with Crippen LogP contribution in [0.15, 0.2) is 30.3 Å². The largest absolute Gasteiger partial charge is 0.393 e. The van der Waals surface area contributed by atoms with Gasteiger partial charge in [-0.1, -0.05) is 69.9 Å². The van der Waals surface area contributed by atoms with Crippen molar-refractivity contribution in [2.24, 2.45) is 58.3 Å². The predicted molar refractivity (Wildman–Crippen MR) is 292 cm³/mol. The van der Waals surface area contributed by atoms with Crippen molar-refractivity contribution >= 4 is 52.8 Å². The fourth-order valence-electron chi connectivity index (χ4n) is 10.3. The zero-order chi connectivity index (χ0) is 57.2. The van der Waals surface area contributed by atoms with Gasteiger partial charge < -0.3 is 70.8 Å². The number of carbonyl (C=O) groups is 9. The SMILES string of the molecule is CC(C)C[C@@H]1NC(=O)[C@@H](Cc2ccccc2)CC(=O)[C@H](CCN)NC(=O)[C@@H](CC(=O)[C@H](CCN)NC(=O)[C@@H](CCCC2(N)CCCCC2)C(C)O)CCNC(=O)[C@H](C(C)O)CC(=O)[C@H](CCN)NC(=O)[C@H](CCN)NC1=O. The molecule has 1 aromatic rings. The topological polar surface area (TPSA) is 396 Å². The summed E-state index contributed by atoms with van der Waals surface area (Å²) in [4.78, 5) is 127. The molecule has 1 saturated heterocycles. The van der Waals surface area contributed by atoms with Crippen LogP contribution < -0.4 is 60.6 Å². The maximum Gasteiger partial charge on any atom is 0.243 e. The van der Waals surface area contributed by atoms with Crippen molar-refractivity contribution in [3.05, 3.63) is 35.9 Å². The van der Waals surface area contributed by atoms with Crippen LogP contribution >= 0.6 is 0 Å². The molecular weight excluding hydrogens is 991 g/mol. The van der Waals surface area contributed by atoms with Gasteiger partial charge in [0, 0.05) is 43.2 Å². The molecule has 0 aromatic heterocycles. The second-order valence-corrected chi connectivity index (χ2v) is 21.9. The first-order valence-electron chi connectivity index (χ1n) is 27.9. The minimum Gasteiger partial charge on any atom is -0.393 e. The fraction of sp³-hybridized carbons (Fsp3) is 0.727. The van der Waals surface area contributed by atoms with Gasteiger partial charge in [0.05, 0.1) is 42.2 Å². The van der Waals surface area contributed by atoms with Gasteiger partial charge in [-0.05, 0) is 122 Å². The molecule has 1 aliphatic carbocycles. The summed E-state index contributed by atoms with van der Waals surface area (Å²) in [6.07, 6.45) is 2.32. The predicted octanol–water partition coefficient (Wildman–Crippen LogP) is -0.450. The van der Waals surface area contributed by atoms with Crippen molar-refractivity contribution in [1.29, 1.82) is 0 Å². The summed E-state index contributed by atoms with van der Waals surface area (Å²) < 4.78 is 0. The Bertz CT molecular complexity index is 2070. The van der Waals surface area contributed by atoms with E-state index < -0.39 is 138 Å². The van der Waals surface area contributed by atoms with Gasteiger partial charge in [-0.15, -0.1) is 0 Å². The Morgan fingerprint density at radius 3 is 1.79 bits per heavy atom. The van der Waals surface area contributed by atoms with Crippen LogP contribution in [0.1, 0.15) is 142 Å². The van der Waals surface area contributed by atoms with Gasteiger partial charge in [0.25, 0.3) is 0 Å². The molecule has 2 fully saturated rings. The molecule has 1 saturated carbocycles. The Kier molecular flexibility index (Phi) is 29.1. The fourth-order valence-corrected chi connectivity index (χ4v) is 10.3. The molecular formula is C55H93N11O11. The number of Topliss-reactive ketones (excluding diaryl/α,β-unsaturated/α-hetero) is 3. The zero-order valence-corrected chi connectivity index (χ0v) is 46.0. The van der Waals surface area contributed by atoms with Crippen molar-refractivity contribution in [2.45, 2.75) is 191 Å². The third-order valence-corrected chi connectivity index (χ3v) is 15.0. The van der Waals surface area contributed by atoms with Gasteiger partial charge in [-0.25, -0.2) is 0 Å². The molecule has 11 atom stereocenters. The highest BCUT2D eigenvalue weighted by atomic mass is 16.3. The van der Waals surface area contributed by atoms with Gasteiger partial charge in [-0.3, -0.25) is 43.2 Å². The maximum absolute atomic E-state index is 14.6. The molecule has 1 aromatic carbocycles. The molecule has 2 aliphatic rings. The van der Waals surface area contributed by atoms with E-state index in [2.05, 4.69) is 31.9 Å². The van der Waals surface area contributed by atoms with Crippen molar-refractivity contribution in [3.63, 3.8) is 0 Å². The number of nitrogens with one attached hydrogen (secondary N) is 6. The Morgan fingerprint density at radius 1 is 0.675 bits per heavy atom. The van der Waals surface area contributed by atoms with E-state index in [1.807, 2.05) is 13.8 Å². The molecule has 22 nitrogen and oxygen atoms in total. The number of hydrogen-bond donors (Lipinski definition) is 13. The minimum atomic E-state index is -1.38. The third kappa shape index (κ3) is 22.6. The average molecular weight is 1080 g/mol. The van der Waals surface area contributed by atoms with Gasteiger partial charge in [0.15, 0.2) is 17.3 Å². The Morgan fingerprint density at radius 2 is 1.22 bits per heavy atom. The standard InChI is InChI=1S/C55H93N11O11/c1-33(2)28-45-54(77)65-44(18-26-59)53(76)64-43(17-25-58)48(71)32-40(35(4)68)51(74)61-27-19-37(49(72)62-41(15-23-56)47(70)31-38(50(73)66-45)29-36-12-7-5-8-13-36)30-46(69)42(16-24-57)63-52(75)39(34(3)67)14-11-22-55(60)20-9-6-10-21-55/h5,7-8,12-13,33-35,37-45,67-68H,6,9-11,14-32,56-60H2,1-4H3,(H,61,74)(H,62,72)(H,63,75)(H,64,76)(H,65,77)(H,66,73)/t34?,35?,37-,38+,39+,40+,41+,42+,43+,44+,45+/m1/s1. The summed E-state index contributed by atoms with van der Waals surface area (Å²) in [7, 11) is 0. The lowest BCUT2D eigenvalue weighted by Gasteiger charge is -2.34. The second-order valence-electron chi connectivity index (χ2n) is 21.9. The molecule has 0 spiro atoms. The molecule has 22 heteroatoms. The molecule has 6 amide bonds. The maximum atomic E-state index is 14.6. The van der Waals surface area contributed by atoms with Gasteiger partial charge >= 0.3 is 0 Å². The first-order chi connectivity index (χ1) is 36.6. The minimum absolute atomic E-state index is 0.0176. The van der Waals surface area contributed by atoms with Gasteiger partial charge in [0.1, 0.15) is 12.1 Å². The van der Waals surface area contributed by atoms with Crippen molar-refractivity contribution in [2.75, 3.05) is 32.7 Å². The number of hydrogen-bond acceptors (Lipinski definition) is 16. The molecule has 2 unspecified atom stereocenters. The molecule has 77 heavy (non-hydrogen) atoms. The second kappa shape index (κ2) is 33.9. The van der Waals surface area contributed by atoms with E-state index >= 15 is 0 Å². The molecule has 0 bridgehead atoms. The van der Waals surface area contributed by atoms with E-state index in [9.17, 15) is 53.4 Å². The summed E-state index contributed by atoms with van der Waals surface area (Å²) in [6, 6.07) is 2.71. The first kappa shape index (κ1) is 66.1. The summed E-state index contributed by atoms with van der Waals surface area (Å²) in [5.41, 5.74) is 30.8. The zero-order valence-electron chi connectivity index (χ0n) is 46.0. The Labute approximate surface area is 454 Å². The van der Waals surface area contributed by atoms with Crippen molar-refractivity contribution in [3.8, 4) is 0 Å². The van der Waals surface area contributed by atoms with E-state index in [0.29, 0.717) is 24.8 Å². The molecule has 0 radical (unpaired) electrons. The first-order valence-corrected chi connectivity index (χ1v) is 27.9. The van der Waals surface area contributed by atoms with Crippen LogP contribution in [-0.4, -0.2) is 144 Å². The number of ketones is 3. The lowest BCUT2D eigenvalue weighted by molar-refractivity contribution is -0.136. The lowest BCUT2D eigenvalue weighted by atomic mass is 9.78. The summed E-state index contributed by atoms with van der Waals surface area (Å²) in [5, 5.41) is 37.9. The van der Waals surface area contributed by atoms with Gasteiger partial charge in [0.2, 0.25) is 35.4 Å². The molecule has 1 heterocycles. The normalized spacial score (nSPS) is 25.5. The van der Waals surface area contributed by atoms with Crippen LogP contribution in [0.25, 0.3) is 0 Å². The highest BCUT2D eigenvalue weighted by Crippen LogP contribution is 2.31. The average Bonchev–Trinajstić information content (AvgIpc) is 3.37. The smallest absolute Gasteiger partial charge is 0.243 e. The van der Waals surface area contributed by atoms with Crippen LogP contribution in [0.4, 0.5) is 0 Å².